The lowest BCUT2D eigenvalue weighted by Crippen LogP contribution is -2.23. The molecule has 0 spiro atoms. The summed E-state index contributed by atoms with van der Waals surface area (Å²) in [6.07, 6.45) is -3.97. The first-order valence-electron chi connectivity index (χ1n) is 5.93. The van der Waals surface area contributed by atoms with Crippen LogP contribution in [0.5, 0.6) is 0 Å². The molecule has 0 unspecified atom stereocenters. The first-order chi connectivity index (χ1) is 9.29. The Hall–Kier alpha value is -2.18. The van der Waals surface area contributed by atoms with E-state index in [9.17, 15) is 18.0 Å². The van der Waals surface area contributed by atoms with E-state index in [-0.39, 0.29) is 0 Å². The number of halogens is 3. The van der Waals surface area contributed by atoms with Crippen molar-refractivity contribution in [3.8, 4) is 5.69 Å². The summed E-state index contributed by atoms with van der Waals surface area (Å²) in [5.41, 5.74) is 0.925. The predicted octanol–water partition coefficient (Wildman–Crippen LogP) is 3.14. The lowest BCUT2D eigenvalue weighted by atomic mass is 10.0. The van der Waals surface area contributed by atoms with Crippen molar-refractivity contribution in [2.45, 2.75) is 25.9 Å². The van der Waals surface area contributed by atoms with E-state index < -0.39 is 17.7 Å². The van der Waals surface area contributed by atoms with Crippen molar-refractivity contribution in [3.05, 3.63) is 41.7 Å². The topological polar surface area (TPSA) is 47.8 Å². The number of benzene rings is 1. The van der Waals surface area contributed by atoms with E-state index >= 15 is 0 Å². The van der Waals surface area contributed by atoms with Gasteiger partial charge in [-0.1, -0.05) is 31.2 Å². The highest BCUT2D eigenvalue weighted by Crippen LogP contribution is 2.21. The standard InChI is InChI=1S/C13H12F3N3O/c1-8(2)9-3-5-10(6-4-9)19-7-11(17-18-19)12(20)13(14,15)16/h3-8H,1-2H3. The number of nitrogens with zero attached hydrogens (tertiary/aromatic N) is 3. The van der Waals surface area contributed by atoms with E-state index in [4.69, 9.17) is 0 Å². The summed E-state index contributed by atoms with van der Waals surface area (Å²) in [5, 5.41) is 6.80. The molecule has 0 aliphatic carbocycles. The molecule has 0 aliphatic heterocycles. The molecular formula is C13H12F3N3O. The van der Waals surface area contributed by atoms with Crippen molar-refractivity contribution in [2.75, 3.05) is 0 Å². The zero-order valence-corrected chi connectivity index (χ0v) is 10.8. The third-order valence-corrected chi connectivity index (χ3v) is 2.81. The van der Waals surface area contributed by atoms with Gasteiger partial charge < -0.3 is 0 Å². The van der Waals surface area contributed by atoms with Gasteiger partial charge >= 0.3 is 6.18 Å². The molecule has 2 aromatic rings. The first kappa shape index (κ1) is 14.2. The quantitative estimate of drug-likeness (QED) is 0.813. The molecule has 4 nitrogen and oxygen atoms in total. The number of alkyl halides is 3. The van der Waals surface area contributed by atoms with Crippen LogP contribution in [0, 0.1) is 0 Å². The monoisotopic (exact) mass is 283 g/mol. The van der Waals surface area contributed by atoms with Gasteiger partial charge in [0.2, 0.25) is 0 Å². The van der Waals surface area contributed by atoms with Gasteiger partial charge in [0.25, 0.3) is 5.78 Å². The van der Waals surface area contributed by atoms with Gasteiger partial charge in [-0.25, -0.2) is 4.68 Å². The normalized spacial score (nSPS) is 11.9. The number of rotatable bonds is 3. The maximum atomic E-state index is 12.3. The Labute approximate surface area is 113 Å². The van der Waals surface area contributed by atoms with Crippen molar-refractivity contribution < 1.29 is 18.0 Å². The molecule has 2 rings (SSSR count). The van der Waals surface area contributed by atoms with E-state index in [1.165, 1.54) is 0 Å². The molecule has 0 fully saturated rings. The molecule has 7 heteroatoms. The fraction of sp³-hybridized carbons (Fsp3) is 0.308. The average Bonchev–Trinajstić information content (AvgIpc) is 2.86. The zero-order valence-electron chi connectivity index (χ0n) is 10.8. The smallest absolute Gasteiger partial charge is 0.282 e. The molecule has 106 valence electrons. The number of hydrogen-bond donors (Lipinski definition) is 0. The molecule has 1 heterocycles. The molecule has 0 N–H and O–H groups in total. The van der Waals surface area contributed by atoms with Gasteiger partial charge in [-0.05, 0) is 23.6 Å². The third-order valence-electron chi connectivity index (χ3n) is 2.81. The van der Waals surface area contributed by atoms with Crippen molar-refractivity contribution in [2.24, 2.45) is 0 Å². The zero-order chi connectivity index (χ0) is 14.9. The Morgan fingerprint density at radius 2 is 1.80 bits per heavy atom. The number of hydrogen-bond acceptors (Lipinski definition) is 3. The van der Waals surface area contributed by atoms with E-state index in [0.29, 0.717) is 11.6 Å². The molecular weight excluding hydrogens is 271 g/mol. The fourth-order valence-corrected chi connectivity index (χ4v) is 1.65. The van der Waals surface area contributed by atoms with Gasteiger partial charge in [-0.15, -0.1) is 5.10 Å². The largest absolute Gasteiger partial charge is 0.456 e. The van der Waals surface area contributed by atoms with Gasteiger partial charge in [-0.3, -0.25) is 4.79 Å². The number of ketones is 1. The van der Waals surface area contributed by atoms with Crippen LogP contribution in [0.4, 0.5) is 13.2 Å². The van der Waals surface area contributed by atoms with Crippen LogP contribution in [0.2, 0.25) is 0 Å². The second-order valence-corrected chi connectivity index (χ2v) is 4.62. The fourth-order valence-electron chi connectivity index (χ4n) is 1.65. The second kappa shape index (κ2) is 5.07. The molecule has 0 aliphatic rings. The molecule has 1 aromatic heterocycles. The van der Waals surface area contributed by atoms with Gasteiger partial charge in [0, 0.05) is 0 Å². The van der Waals surface area contributed by atoms with E-state index in [1.54, 1.807) is 12.1 Å². The Kier molecular flexibility index (Phi) is 3.61. The highest BCUT2D eigenvalue weighted by molar-refractivity contribution is 5.98. The Bertz CT molecular complexity index is 615. The van der Waals surface area contributed by atoms with Crippen LogP contribution >= 0.6 is 0 Å². The predicted molar refractivity (Wildman–Crippen MR) is 65.8 cm³/mol. The average molecular weight is 283 g/mol. The third kappa shape index (κ3) is 2.87. The summed E-state index contributed by atoms with van der Waals surface area (Å²) in [6.45, 7) is 4.06. The number of Topliss-reactive ketones (excluding diaryl/α,β-unsaturated/α-hetero) is 1. The van der Waals surface area contributed by atoms with Crippen LogP contribution in [0.3, 0.4) is 0 Å². The van der Waals surface area contributed by atoms with Crippen LogP contribution in [-0.4, -0.2) is 27.0 Å². The number of aromatic nitrogens is 3. The van der Waals surface area contributed by atoms with Crippen LogP contribution in [-0.2, 0) is 0 Å². The molecule has 0 amide bonds. The highest BCUT2D eigenvalue weighted by Gasteiger charge is 2.41. The molecule has 1 aromatic carbocycles. The molecule has 20 heavy (non-hydrogen) atoms. The Balaban J connectivity index is 2.27. The maximum Gasteiger partial charge on any atom is 0.456 e. The molecule has 0 saturated carbocycles. The SMILES string of the molecule is CC(C)c1ccc(-n2cc(C(=O)C(F)(F)F)nn2)cc1. The van der Waals surface area contributed by atoms with E-state index in [1.807, 2.05) is 26.0 Å². The van der Waals surface area contributed by atoms with E-state index in [0.717, 1.165) is 16.4 Å². The number of carbonyl (C=O) groups is 1. The Morgan fingerprint density at radius 1 is 1.20 bits per heavy atom. The Morgan fingerprint density at radius 3 is 2.30 bits per heavy atom. The van der Waals surface area contributed by atoms with Gasteiger partial charge in [0.1, 0.15) is 0 Å². The van der Waals surface area contributed by atoms with Gasteiger partial charge in [-0.2, -0.15) is 13.2 Å². The lowest BCUT2D eigenvalue weighted by molar-refractivity contribution is -0.0888. The minimum atomic E-state index is -4.94. The van der Waals surface area contributed by atoms with Gasteiger partial charge in [0.15, 0.2) is 5.69 Å². The van der Waals surface area contributed by atoms with Crippen LogP contribution < -0.4 is 0 Å². The highest BCUT2D eigenvalue weighted by atomic mass is 19.4. The second-order valence-electron chi connectivity index (χ2n) is 4.62. The summed E-state index contributed by atoms with van der Waals surface area (Å²) in [7, 11) is 0. The lowest BCUT2D eigenvalue weighted by Gasteiger charge is -2.06. The molecule has 0 radical (unpaired) electrons. The van der Waals surface area contributed by atoms with E-state index in [2.05, 4.69) is 10.3 Å². The molecule has 0 saturated heterocycles. The summed E-state index contributed by atoms with van der Waals surface area (Å²) in [5.74, 6) is -1.65. The maximum absolute atomic E-state index is 12.3. The van der Waals surface area contributed by atoms with Crippen LogP contribution in [0.15, 0.2) is 30.5 Å². The molecule has 0 atom stereocenters. The minimum absolute atomic E-state index is 0.349. The summed E-state index contributed by atoms with van der Waals surface area (Å²) in [6, 6.07) is 7.14. The van der Waals surface area contributed by atoms with Gasteiger partial charge in [0.05, 0.1) is 11.9 Å². The number of carbonyl (C=O) groups excluding carboxylic acids is 1. The summed E-state index contributed by atoms with van der Waals surface area (Å²) >= 11 is 0. The summed E-state index contributed by atoms with van der Waals surface area (Å²) in [4.78, 5) is 11.0. The summed E-state index contributed by atoms with van der Waals surface area (Å²) < 4.78 is 37.9. The van der Waals surface area contributed by atoms with Crippen LogP contribution in [0.25, 0.3) is 5.69 Å². The van der Waals surface area contributed by atoms with Crippen molar-refractivity contribution in [3.63, 3.8) is 0 Å². The van der Waals surface area contributed by atoms with Crippen molar-refractivity contribution in [1.29, 1.82) is 0 Å². The minimum Gasteiger partial charge on any atom is -0.282 e. The van der Waals surface area contributed by atoms with Crippen LogP contribution in [0.1, 0.15) is 35.8 Å². The molecule has 0 bridgehead atoms. The first-order valence-corrected chi connectivity index (χ1v) is 5.93. The van der Waals surface area contributed by atoms with Crippen molar-refractivity contribution >= 4 is 5.78 Å². The van der Waals surface area contributed by atoms with Crippen molar-refractivity contribution in [1.82, 2.24) is 15.0 Å².